The van der Waals surface area contributed by atoms with Crippen molar-refractivity contribution in [2.24, 2.45) is 0 Å². The first kappa shape index (κ1) is 44.3. The maximum Gasteiger partial charge on any atom is 0.267 e. The van der Waals surface area contributed by atoms with Crippen LogP contribution in [0, 0.1) is 0 Å². The highest BCUT2D eigenvalue weighted by molar-refractivity contribution is 7.85. The zero-order valence-electron chi connectivity index (χ0n) is 35.9. The summed E-state index contributed by atoms with van der Waals surface area (Å²) in [5.74, 6) is -2.84. The van der Waals surface area contributed by atoms with Crippen LogP contribution in [-0.2, 0) is 44.9 Å². The highest BCUT2D eigenvalue weighted by Crippen LogP contribution is 2.49. The number of carbonyl (C=O) groups is 4. The summed E-state index contributed by atoms with van der Waals surface area (Å²) in [4.78, 5) is 55.3. The normalized spacial score (nSPS) is 20.1. The molecule has 2 aromatic rings. The third-order valence-electron chi connectivity index (χ3n) is 11.7. The van der Waals surface area contributed by atoms with Gasteiger partial charge in [-0.3, -0.25) is 28.6 Å². The molecule has 3 amide bonds. The summed E-state index contributed by atoms with van der Waals surface area (Å²) in [6.07, 6.45) is 7.95. The van der Waals surface area contributed by atoms with Crippen LogP contribution in [0.2, 0.25) is 0 Å². The molecule has 6 rings (SSSR count). The lowest BCUT2D eigenvalue weighted by Crippen LogP contribution is -2.51. The fraction of sp³-hybridized carbons (Fsp3) is 0.444. The minimum absolute atomic E-state index is 0.00178. The highest BCUT2D eigenvalue weighted by Gasteiger charge is 2.47. The van der Waals surface area contributed by atoms with E-state index >= 15 is 0 Å². The Kier molecular flexibility index (Phi) is 12.6. The number of para-hydroxylation sites is 2. The standard InChI is InChI=1S/C45H56N6O8S/c1-44(2)32-15-9-11-17-35(32)48(5)37(44)27-30-41(47-34(29-60(56,57)58)43(55)46-21-25-59-26-23-50-39(52)19-20-40(50)53)31(42(30)54)28-38-45(3,4)33-16-10-12-18-36(33)49(38)22-13-14-24-51(6,7)8/h9-12,15-20,27-28,34H,13-14,21-26,29H2,1-8H3,(H-2,46,47,54,55,56,57,58)/p+2. The van der Waals surface area contributed by atoms with Gasteiger partial charge in [-0.05, 0) is 44.4 Å². The van der Waals surface area contributed by atoms with E-state index in [1.165, 1.54) is 12.2 Å². The molecule has 3 N–H and O–H groups in total. The molecule has 3 heterocycles. The Bertz CT molecular complexity index is 2350. The Hall–Kier alpha value is -5.22. The third-order valence-corrected chi connectivity index (χ3v) is 12.5. The van der Waals surface area contributed by atoms with Crippen LogP contribution < -0.4 is 15.5 Å². The molecule has 4 aliphatic rings. The number of Topliss-reactive ketones (excluding diaryl/α,β-unsaturated/α-hetero) is 1. The third kappa shape index (κ3) is 9.24. The van der Waals surface area contributed by atoms with Crippen molar-refractivity contribution in [1.82, 2.24) is 15.5 Å². The monoisotopic (exact) mass is 842 g/mol. The number of nitrogens with one attached hydrogen (secondary N) is 2. The summed E-state index contributed by atoms with van der Waals surface area (Å²) in [6.45, 7) is 10.1. The number of unbranched alkanes of at least 4 members (excludes halogenated alkanes) is 1. The van der Waals surface area contributed by atoms with Crippen LogP contribution in [-0.4, -0.2) is 136 Å². The summed E-state index contributed by atoms with van der Waals surface area (Å²) in [6, 6.07) is 14.7. The van der Waals surface area contributed by atoms with Gasteiger partial charge in [0.15, 0.2) is 11.5 Å². The Morgan fingerprint density at radius 2 is 1.53 bits per heavy atom. The smallest absolute Gasteiger partial charge is 0.267 e. The van der Waals surface area contributed by atoms with Crippen molar-refractivity contribution >= 4 is 50.7 Å². The van der Waals surface area contributed by atoms with Crippen molar-refractivity contribution in [2.45, 2.75) is 57.4 Å². The summed E-state index contributed by atoms with van der Waals surface area (Å²) >= 11 is 0. The SMILES string of the molecule is C[N+]1=C(/C=C2\C(=O)C(/C=C3/N(CCCC[N+](C)(C)C)c4ccccc4C3(C)C)=C2NC(CS(=O)(=O)O)C(=O)NCCOCCN2C(=O)C=CC2=O)C(C)(C)c2ccccc21. The number of fused-ring (bicyclic) bond motifs is 2. The Morgan fingerprint density at radius 1 is 0.883 bits per heavy atom. The van der Waals surface area contributed by atoms with E-state index in [0.29, 0.717) is 17.8 Å². The number of amides is 3. The number of ketones is 1. The van der Waals surface area contributed by atoms with E-state index in [2.05, 4.69) is 82.6 Å². The first-order chi connectivity index (χ1) is 28.1. The molecule has 1 atom stereocenters. The molecule has 0 fully saturated rings. The van der Waals surface area contributed by atoms with Crippen LogP contribution in [0.5, 0.6) is 0 Å². The first-order valence-electron chi connectivity index (χ1n) is 20.3. The van der Waals surface area contributed by atoms with Gasteiger partial charge < -0.3 is 24.8 Å². The molecule has 3 aliphatic heterocycles. The molecule has 2 aromatic carbocycles. The number of hydrogen-bond acceptors (Lipinski definition) is 9. The molecule has 60 heavy (non-hydrogen) atoms. The molecule has 1 aliphatic carbocycles. The lowest BCUT2D eigenvalue weighted by Gasteiger charge is -2.32. The minimum atomic E-state index is -4.70. The molecule has 14 nitrogen and oxygen atoms in total. The summed E-state index contributed by atoms with van der Waals surface area (Å²) in [5, 5.41) is 5.76. The summed E-state index contributed by atoms with van der Waals surface area (Å²) in [7, 11) is 3.74. The van der Waals surface area contributed by atoms with Crippen molar-refractivity contribution in [1.29, 1.82) is 0 Å². The van der Waals surface area contributed by atoms with Crippen molar-refractivity contribution < 1.29 is 45.9 Å². The van der Waals surface area contributed by atoms with Gasteiger partial charge in [0.05, 0.1) is 64.1 Å². The number of nitrogens with zero attached hydrogens (tertiary/aromatic N) is 4. The van der Waals surface area contributed by atoms with Gasteiger partial charge >= 0.3 is 0 Å². The zero-order chi connectivity index (χ0) is 43.8. The molecule has 0 saturated carbocycles. The topological polar surface area (TPSA) is 165 Å². The number of ether oxygens (including phenoxy) is 1. The van der Waals surface area contributed by atoms with E-state index in [0.717, 1.165) is 62.7 Å². The van der Waals surface area contributed by atoms with E-state index in [4.69, 9.17) is 4.74 Å². The number of quaternary nitrogens is 1. The Morgan fingerprint density at radius 3 is 2.18 bits per heavy atom. The van der Waals surface area contributed by atoms with Gasteiger partial charge in [-0.1, -0.05) is 50.2 Å². The molecule has 1 unspecified atom stereocenters. The van der Waals surface area contributed by atoms with Crippen molar-refractivity contribution in [3.8, 4) is 0 Å². The van der Waals surface area contributed by atoms with Crippen LogP contribution in [0.15, 0.2) is 95.4 Å². The van der Waals surface area contributed by atoms with Gasteiger partial charge in [0.2, 0.25) is 11.6 Å². The van der Waals surface area contributed by atoms with E-state index in [1.807, 2.05) is 54.1 Å². The molecule has 0 aromatic heterocycles. The van der Waals surface area contributed by atoms with Crippen LogP contribution in [0.3, 0.4) is 0 Å². The van der Waals surface area contributed by atoms with Gasteiger partial charge in [-0.2, -0.15) is 13.0 Å². The molecular formula is C45H58N6O8S+2. The van der Waals surface area contributed by atoms with Crippen molar-refractivity contribution in [3.05, 3.63) is 107 Å². The van der Waals surface area contributed by atoms with Gasteiger partial charge in [0.1, 0.15) is 18.8 Å². The highest BCUT2D eigenvalue weighted by atomic mass is 32.2. The van der Waals surface area contributed by atoms with Crippen molar-refractivity contribution in [3.63, 3.8) is 0 Å². The second-order valence-electron chi connectivity index (χ2n) is 17.8. The second kappa shape index (κ2) is 17.0. The molecular weight excluding hydrogens is 785 g/mol. The first-order valence-corrected chi connectivity index (χ1v) is 21.9. The van der Waals surface area contributed by atoms with E-state index < -0.39 is 50.5 Å². The lowest BCUT2D eigenvalue weighted by atomic mass is 9.77. The fourth-order valence-corrected chi connectivity index (χ4v) is 9.12. The van der Waals surface area contributed by atoms with Crippen molar-refractivity contribution in [2.75, 3.05) is 78.2 Å². The average Bonchev–Trinajstić information content (AvgIpc) is 3.68. The van der Waals surface area contributed by atoms with Crippen LogP contribution in [0.4, 0.5) is 11.4 Å². The number of carbonyl (C=O) groups excluding carboxylic acids is 4. The molecule has 15 heteroatoms. The van der Waals surface area contributed by atoms with E-state index in [-0.39, 0.29) is 37.7 Å². The maximum atomic E-state index is 14.5. The molecule has 0 radical (unpaired) electrons. The lowest BCUT2D eigenvalue weighted by molar-refractivity contribution is -0.870. The molecule has 0 saturated heterocycles. The number of allylic oxidation sites excluding steroid dienone is 5. The number of benzene rings is 2. The predicted molar refractivity (Wildman–Crippen MR) is 230 cm³/mol. The van der Waals surface area contributed by atoms with E-state index in [1.54, 1.807) is 0 Å². The summed E-state index contributed by atoms with van der Waals surface area (Å²) < 4.78 is 43.3. The molecule has 320 valence electrons. The van der Waals surface area contributed by atoms with Crippen LogP contribution in [0.25, 0.3) is 0 Å². The number of anilines is 1. The fourth-order valence-electron chi connectivity index (χ4n) is 8.46. The predicted octanol–water partition coefficient (Wildman–Crippen LogP) is 3.53. The van der Waals surface area contributed by atoms with Gasteiger partial charge in [-0.15, -0.1) is 0 Å². The van der Waals surface area contributed by atoms with Gasteiger partial charge in [0, 0.05) is 65.3 Å². The Balaban J connectivity index is 1.34. The largest absolute Gasteiger partial charge is 0.378 e. The molecule has 0 spiro atoms. The second-order valence-corrected chi connectivity index (χ2v) is 19.3. The van der Waals surface area contributed by atoms with Crippen LogP contribution in [0.1, 0.15) is 51.7 Å². The van der Waals surface area contributed by atoms with E-state index in [9.17, 15) is 32.1 Å². The Labute approximate surface area is 353 Å². The van der Waals surface area contributed by atoms with Gasteiger partial charge in [-0.25, -0.2) is 0 Å². The zero-order valence-corrected chi connectivity index (χ0v) is 36.7. The maximum absolute atomic E-state index is 14.5. The van der Waals surface area contributed by atoms with Crippen LogP contribution >= 0.6 is 0 Å². The minimum Gasteiger partial charge on any atom is -0.378 e. The number of hydrogen-bond donors (Lipinski definition) is 3. The van der Waals surface area contributed by atoms with Gasteiger partial charge in [0.25, 0.3) is 21.9 Å². The quantitative estimate of drug-likeness (QED) is 0.0505. The average molecular weight is 843 g/mol. The number of imide groups is 1. The molecule has 0 bridgehead atoms. The summed E-state index contributed by atoms with van der Waals surface area (Å²) in [5.41, 5.74) is 5.86. The number of rotatable bonds is 18.